The number of carbonyl (C=O) groups is 1. The molecule has 0 aliphatic heterocycles. The number of rotatable bonds is 4. The molecule has 0 saturated heterocycles. The van der Waals surface area contributed by atoms with Crippen molar-refractivity contribution in [2.75, 3.05) is 13.6 Å². The Morgan fingerprint density at radius 1 is 1.32 bits per heavy atom. The van der Waals surface area contributed by atoms with Crippen LogP contribution in [-0.4, -0.2) is 37.2 Å². The summed E-state index contributed by atoms with van der Waals surface area (Å²) in [6.45, 7) is 7.99. The second-order valence-corrected chi connectivity index (χ2v) is 6.79. The first-order chi connectivity index (χ1) is 9.84. The lowest BCUT2D eigenvalue weighted by molar-refractivity contribution is -0.153. The first kappa shape index (κ1) is 21.5. The monoisotopic (exact) mass is 425 g/mol. The molecule has 0 bridgehead atoms. The van der Waals surface area contributed by atoms with Crippen molar-refractivity contribution < 1.29 is 9.53 Å². The van der Waals surface area contributed by atoms with E-state index in [2.05, 4.69) is 22.5 Å². The number of guanidine groups is 1. The third-order valence-electron chi connectivity index (χ3n) is 3.74. The lowest BCUT2D eigenvalue weighted by atomic mass is 9.84. The molecule has 6 heteroatoms. The molecule has 0 heterocycles. The topological polar surface area (TPSA) is 62.7 Å². The van der Waals surface area contributed by atoms with Gasteiger partial charge in [-0.15, -0.1) is 24.0 Å². The fourth-order valence-corrected chi connectivity index (χ4v) is 2.71. The van der Waals surface area contributed by atoms with Crippen LogP contribution in [0, 0.1) is 5.92 Å². The summed E-state index contributed by atoms with van der Waals surface area (Å²) in [6.07, 6.45) is 6.19. The summed E-state index contributed by atoms with van der Waals surface area (Å²) in [5.74, 6) is 1.23. The summed E-state index contributed by atoms with van der Waals surface area (Å²) >= 11 is 0. The molecule has 1 fully saturated rings. The van der Waals surface area contributed by atoms with Gasteiger partial charge in [0.2, 0.25) is 0 Å². The highest BCUT2D eigenvalue weighted by Crippen LogP contribution is 2.26. The number of halogens is 1. The number of esters is 1. The van der Waals surface area contributed by atoms with Crippen molar-refractivity contribution in [1.82, 2.24) is 10.6 Å². The van der Waals surface area contributed by atoms with Crippen molar-refractivity contribution in [3.8, 4) is 0 Å². The summed E-state index contributed by atoms with van der Waals surface area (Å²) in [5, 5.41) is 6.46. The minimum absolute atomic E-state index is 0. The van der Waals surface area contributed by atoms with E-state index in [0.717, 1.165) is 5.92 Å². The Hall–Kier alpha value is -0.530. The molecule has 0 radical (unpaired) electrons. The molecule has 22 heavy (non-hydrogen) atoms. The van der Waals surface area contributed by atoms with Crippen LogP contribution in [0.15, 0.2) is 4.99 Å². The molecular weight excluding hydrogens is 393 g/mol. The van der Waals surface area contributed by atoms with Crippen molar-refractivity contribution in [3.05, 3.63) is 0 Å². The Morgan fingerprint density at radius 3 is 2.55 bits per heavy atom. The van der Waals surface area contributed by atoms with E-state index in [0.29, 0.717) is 12.0 Å². The van der Waals surface area contributed by atoms with Crippen LogP contribution in [0.3, 0.4) is 0 Å². The normalized spacial score (nSPS) is 22.5. The van der Waals surface area contributed by atoms with E-state index in [4.69, 9.17) is 4.74 Å². The number of aliphatic imine (C=N–C) groups is 1. The van der Waals surface area contributed by atoms with Crippen molar-refractivity contribution in [2.24, 2.45) is 10.9 Å². The van der Waals surface area contributed by atoms with Gasteiger partial charge >= 0.3 is 5.97 Å². The molecule has 5 nitrogen and oxygen atoms in total. The highest BCUT2D eigenvalue weighted by atomic mass is 127. The van der Waals surface area contributed by atoms with Crippen molar-refractivity contribution in [3.63, 3.8) is 0 Å². The molecule has 1 aliphatic rings. The third kappa shape index (κ3) is 8.80. The quantitative estimate of drug-likeness (QED) is 0.315. The van der Waals surface area contributed by atoms with Crippen LogP contribution in [0.2, 0.25) is 0 Å². The summed E-state index contributed by atoms with van der Waals surface area (Å²) in [4.78, 5) is 15.9. The van der Waals surface area contributed by atoms with Crippen LogP contribution in [0.4, 0.5) is 0 Å². The van der Waals surface area contributed by atoms with Gasteiger partial charge < -0.3 is 15.4 Å². The Balaban J connectivity index is 0.00000441. The maximum Gasteiger partial charge on any atom is 0.325 e. The van der Waals surface area contributed by atoms with Gasteiger partial charge in [-0.05, 0) is 39.5 Å². The molecule has 130 valence electrons. The standard InChI is InChI=1S/C16H31N3O2.HI/c1-6-12-8-7-9-13(10-12)19-15(17-5)18-11-14(20)21-16(2,3)4;/h12-13H,6-11H2,1-5H3,(H2,17,18,19);1H. The van der Waals surface area contributed by atoms with E-state index in [9.17, 15) is 4.79 Å². The maximum atomic E-state index is 11.7. The Morgan fingerprint density at radius 2 is 2.00 bits per heavy atom. The molecule has 0 aromatic heterocycles. The fourth-order valence-electron chi connectivity index (χ4n) is 2.71. The Bertz CT molecular complexity index is 367. The van der Waals surface area contributed by atoms with E-state index >= 15 is 0 Å². The first-order valence-corrected chi connectivity index (χ1v) is 8.03. The zero-order chi connectivity index (χ0) is 15.9. The summed E-state index contributed by atoms with van der Waals surface area (Å²) < 4.78 is 5.27. The van der Waals surface area contributed by atoms with E-state index in [-0.39, 0.29) is 36.5 Å². The van der Waals surface area contributed by atoms with E-state index in [1.165, 1.54) is 32.1 Å². The van der Waals surface area contributed by atoms with Gasteiger partial charge in [0.1, 0.15) is 12.1 Å². The van der Waals surface area contributed by atoms with Crippen LogP contribution < -0.4 is 10.6 Å². The third-order valence-corrected chi connectivity index (χ3v) is 3.74. The highest BCUT2D eigenvalue weighted by Gasteiger charge is 2.22. The van der Waals surface area contributed by atoms with Gasteiger partial charge in [-0.25, -0.2) is 0 Å². The molecule has 0 spiro atoms. The second-order valence-electron chi connectivity index (χ2n) is 6.79. The molecule has 2 atom stereocenters. The number of nitrogens with zero attached hydrogens (tertiary/aromatic N) is 1. The zero-order valence-electron chi connectivity index (χ0n) is 14.6. The molecule has 1 rings (SSSR count). The smallest absolute Gasteiger partial charge is 0.325 e. The van der Waals surface area contributed by atoms with Gasteiger partial charge in [0.05, 0.1) is 0 Å². The predicted octanol–water partition coefficient (Wildman–Crippen LogP) is 3.08. The largest absolute Gasteiger partial charge is 0.459 e. The van der Waals surface area contributed by atoms with Crippen LogP contribution in [0.1, 0.15) is 59.8 Å². The van der Waals surface area contributed by atoms with Crippen LogP contribution >= 0.6 is 24.0 Å². The highest BCUT2D eigenvalue weighted by molar-refractivity contribution is 14.0. The maximum absolute atomic E-state index is 11.7. The average Bonchev–Trinajstić information content (AvgIpc) is 2.41. The number of ether oxygens (including phenoxy) is 1. The molecule has 2 unspecified atom stereocenters. The van der Waals surface area contributed by atoms with Gasteiger partial charge in [0.25, 0.3) is 0 Å². The van der Waals surface area contributed by atoms with E-state index < -0.39 is 5.60 Å². The zero-order valence-corrected chi connectivity index (χ0v) is 16.9. The van der Waals surface area contributed by atoms with Gasteiger partial charge in [-0.3, -0.25) is 9.79 Å². The molecule has 0 aromatic rings. The lowest BCUT2D eigenvalue weighted by Crippen LogP contribution is -2.47. The summed E-state index contributed by atoms with van der Waals surface area (Å²) in [7, 11) is 1.73. The minimum Gasteiger partial charge on any atom is -0.459 e. The minimum atomic E-state index is -0.451. The van der Waals surface area contributed by atoms with Crippen LogP contribution in [-0.2, 0) is 9.53 Å². The average molecular weight is 425 g/mol. The van der Waals surface area contributed by atoms with Crippen molar-refractivity contribution in [2.45, 2.75) is 71.4 Å². The van der Waals surface area contributed by atoms with Gasteiger partial charge in [0.15, 0.2) is 5.96 Å². The summed E-state index contributed by atoms with van der Waals surface area (Å²) in [6, 6.07) is 0.452. The second kappa shape index (κ2) is 10.3. The van der Waals surface area contributed by atoms with Gasteiger partial charge in [-0.2, -0.15) is 0 Å². The Labute approximate surface area is 152 Å². The predicted molar refractivity (Wildman–Crippen MR) is 102 cm³/mol. The molecular formula is C16H32IN3O2. The number of hydrogen-bond acceptors (Lipinski definition) is 3. The van der Waals surface area contributed by atoms with Crippen LogP contribution in [0.25, 0.3) is 0 Å². The Kier molecular flexibility index (Phi) is 10.0. The molecule has 0 amide bonds. The van der Waals surface area contributed by atoms with Gasteiger partial charge in [0, 0.05) is 13.1 Å². The van der Waals surface area contributed by atoms with E-state index in [1.54, 1.807) is 7.05 Å². The van der Waals surface area contributed by atoms with Crippen LogP contribution in [0.5, 0.6) is 0 Å². The van der Waals surface area contributed by atoms with Crippen molar-refractivity contribution in [1.29, 1.82) is 0 Å². The lowest BCUT2D eigenvalue weighted by Gasteiger charge is -2.30. The molecule has 1 saturated carbocycles. The summed E-state index contributed by atoms with van der Waals surface area (Å²) in [5.41, 5.74) is -0.451. The molecule has 2 N–H and O–H groups in total. The van der Waals surface area contributed by atoms with Gasteiger partial charge in [-0.1, -0.05) is 26.2 Å². The SMILES string of the molecule is CCC1CCCC(NC(=NC)NCC(=O)OC(C)(C)C)C1.I. The molecule has 1 aliphatic carbocycles. The number of hydrogen-bond donors (Lipinski definition) is 2. The van der Waals surface area contributed by atoms with Crippen molar-refractivity contribution >= 4 is 35.9 Å². The van der Waals surface area contributed by atoms with E-state index in [1.807, 2.05) is 20.8 Å². The fraction of sp³-hybridized carbons (Fsp3) is 0.875. The first-order valence-electron chi connectivity index (χ1n) is 8.03. The molecule has 0 aromatic carbocycles. The number of nitrogens with one attached hydrogen (secondary N) is 2. The number of carbonyl (C=O) groups excluding carboxylic acids is 1.